The van der Waals surface area contributed by atoms with Gasteiger partial charge in [0.25, 0.3) is 5.91 Å². The molecule has 0 spiro atoms. The number of nitrogens with one attached hydrogen (secondary N) is 1. The second-order valence-electron chi connectivity index (χ2n) is 6.74. The molecule has 1 aromatic heterocycles. The maximum absolute atomic E-state index is 12.0. The molecule has 6 nitrogen and oxygen atoms in total. The number of ether oxygens (including phenoxy) is 2. The van der Waals surface area contributed by atoms with Gasteiger partial charge in [-0.2, -0.15) is 0 Å². The van der Waals surface area contributed by atoms with Gasteiger partial charge < -0.3 is 19.7 Å². The molecule has 0 aliphatic carbocycles. The third-order valence-electron chi connectivity index (χ3n) is 4.89. The molecule has 144 valence electrons. The van der Waals surface area contributed by atoms with E-state index in [1.165, 1.54) is 0 Å². The highest BCUT2D eigenvalue weighted by Gasteiger charge is 2.20. The van der Waals surface area contributed by atoms with E-state index in [2.05, 4.69) is 15.2 Å². The number of carbonyl (C=O) groups excluding carboxylic acids is 1. The monoisotopic (exact) mass is 369 g/mol. The van der Waals surface area contributed by atoms with E-state index in [0.29, 0.717) is 24.6 Å². The number of rotatable bonds is 8. The summed E-state index contributed by atoms with van der Waals surface area (Å²) in [6.07, 6.45) is 5.46. The van der Waals surface area contributed by atoms with Crippen molar-refractivity contribution in [3.05, 3.63) is 54.4 Å². The molecule has 1 aliphatic rings. The Morgan fingerprint density at radius 1 is 1.19 bits per heavy atom. The molecule has 3 rings (SSSR count). The van der Waals surface area contributed by atoms with Crippen molar-refractivity contribution in [2.24, 2.45) is 5.92 Å². The highest BCUT2D eigenvalue weighted by atomic mass is 16.5. The smallest absolute Gasteiger partial charge is 0.252 e. The quantitative estimate of drug-likeness (QED) is 0.775. The Morgan fingerprint density at radius 2 is 1.96 bits per heavy atom. The number of hydrogen-bond acceptors (Lipinski definition) is 5. The fourth-order valence-electron chi connectivity index (χ4n) is 3.25. The Labute approximate surface area is 160 Å². The minimum Gasteiger partial charge on any atom is -0.493 e. The molecule has 6 heteroatoms. The highest BCUT2D eigenvalue weighted by molar-refractivity contribution is 5.93. The zero-order valence-corrected chi connectivity index (χ0v) is 15.8. The maximum atomic E-state index is 12.0. The van der Waals surface area contributed by atoms with Gasteiger partial charge in [-0.3, -0.25) is 9.78 Å². The van der Waals surface area contributed by atoms with Crippen LogP contribution in [0.15, 0.2) is 48.8 Å². The predicted octanol–water partition coefficient (Wildman–Crippen LogP) is 2.61. The van der Waals surface area contributed by atoms with Gasteiger partial charge >= 0.3 is 0 Å². The number of nitrogens with zero attached hydrogens (tertiary/aromatic N) is 2. The standard InChI is InChI=1S/C21H27N3O3/c1-26-19-6-2-3-7-20(19)27-16-17-8-12-24(13-9-17)14-11-23-21(25)18-5-4-10-22-15-18/h2-7,10,15,17H,8-9,11-14,16H2,1H3,(H,23,25). The first-order valence-corrected chi connectivity index (χ1v) is 9.42. The van der Waals surface area contributed by atoms with E-state index in [1.54, 1.807) is 31.6 Å². The number of piperidine rings is 1. The van der Waals surface area contributed by atoms with Gasteiger partial charge in [0.15, 0.2) is 11.5 Å². The molecule has 2 aromatic rings. The summed E-state index contributed by atoms with van der Waals surface area (Å²) in [6, 6.07) is 11.3. The van der Waals surface area contributed by atoms with E-state index < -0.39 is 0 Å². The van der Waals surface area contributed by atoms with Gasteiger partial charge in [-0.05, 0) is 56.1 Å². The van der Waals surface area contributed by atoms with Crippen molar-refractivity contribution in [2.75, 3.05) is 39.9 Å². The van der Waals surface area contributed by atoms with E-state index in [9.17, 15) is 4.79 Å². The average Bonchev–Trinajstić information content (AvgIpc) is 2.74. The first-order valence-electron chi connectivity index (χ1n) is 9.42. The lowest BCUT2D eigenvalue weighted by Gasteiger charge is -2.31. The van der Waals surface area contributed by atoms with Crippen LogP contribution in [0.25, 0.3) is 0 Å². The average molecular weight is 369 g/mol. The Hall–Kier alpha value is -2.60. The maximum Gasteiger partial charge on any atom is 0.252 e. The van der Waals surface area contributed by atoms with Gasteiger partial charge in [0.1, 0.15) is 0 Å². The fourth-order valence-corrected chi connectivity index (χ4v) is 3.25. The summed E-state index contributed by atoms with van der Waals surface area (Å²) >= 11 is 0. The van der Waals surface area contributed by atoms with E-state index in [-0.39, 0.29) is 5.91 Å². The van der Waals surface area contributed by atoms with Crippen LogP contribution in [0, 0.1) is 5.92 Å². The molecule has 2 heterocycles. The van der Waals surface area contributed by atoms with Crippen LogP contribution < -0.4 is 14.8 Å². The molecule has 27 heavy (non-hydrogen) atoms. The van der Waals surface area contributed by atoms with E-state index in [1.807, 2.05) is 24.3 Å². The molecule has 0 saturated carbocycles. The number of likely N-dealkylation sites (tertiary alicyclic amines) is 1. The van der Waals surface area contributed by atoms with Crippen LogP contribution in [0.3, 0.4) is 0 Å². The Morgan fingerprint density at radius 3 is 2.67 bits per heavy atom. The largest absolute Gasteiger partial charge is 0.493 e. The lowest BCUT2D eigenvalue weighted by atomic mass is 9.98. The lowest BCUT2D eigenvalue weighted by Crippen LogP contribution is -2.40. The van der Waals surface area contributed by atoms with Crippen LogP contribution in [-0.4, -0.2) is 55.7 Å². The van der Waals surface area contributed by atoms with Gasteiger partial charge in [-0.25, -0.2) is 0 Å². The third kappa shape index (κ3) is 5.69. The van der Waals surface area contributed by atoms with Crippen LogP contribution >= 0.6 is 0 Å². The van der Waals surface area contributed by atoms with Crippen molar-refractivity contribution in [1.82, 2.24) is 15.2 Å². The fraction of sp³-hybridized carbons (Fsp3) is 0.429. The number of aromatic nitrogens is 1. The van der Waals surface area contributed by atoms with Gasteiger partial charge in [-0.1, -0.05) is 12.1 Å². The number of carbonyl (C=O) groups is 1. The van der Waals surface area contributed by atoms with Crippen molar-refractivity contribution in [1.29, 1.82) is 0 Å². The summed E-state index contributed by atoms with van der Waals surface area (Å²) in [7, 11) is 1.66. The van der Waals surface area contributed by atoms with Gasteiger partial charge in [0, 0.05) is 25.5 Å². The van der Waals surface area contributed by atoms with Crippen molar-refractivity contribution in [3.8, 4) is 11.5 Å². The van der Waals surface area contributed by atoms with Crippen LogP contribution in [0.2, 0.25) is 0 Å². The zero-order valence-electron chi connectivity index (χ0n) is 15.8. The molecule has 1 aliphatic heterocycles. The second kappa shape index (κ2) is 9.92. The van der Waals surface area contributed by atoms with Gasteiger partial charge in [0.2, 0.25) is 0 Å². The number of hydrogen-bond donors (Lipinski definition) is 1. The normalized spacial score (nSPS) is 15.3. The molecule has 0 unspecified atom stereocenters. The SMILES string of the molecule is COc1ccccc1OCC1CCN(CCNC(=O)c2cccnc2)CC1. The molecule has 0 radical (unpaired) electrons. The summed E-state index contributed by atoms with van der Waals surface area (Å²) < 4.78 is 11.3. The highest BCUT2D eigenvalue weighted by Crippen LogP contribution is 2.27. The summed E-state index contributed by atoms with van der Waals surface area (Å²) in [4.78, 5) is 18.4. The van der Waals surface area contributed by atoms with Crippen LogP contribution in [-0.2, 0) is 0 Å². The van der Waals surface area contributed by atoms with Crippen molar-refractivity contribution in [2.45, 2.75) is 12.8 Å². The molecule has 1 N–H and O–H groups in total. The van der Waals surface area contributed by atoms with Crippen molar-refractivity contribution < 1.29 is 14.3 Å². The Bertz CT molecular complexity index is 716. The predicted molar refractivity (Wildman–Crippen MR) is 104 cm³/mol. The van der Waals surface area contributed by atoms with Crippen LogP contribution in [0.5, 0.6) is 11.5 Å². The minimum atomic E-state index is -0.0665. The number of amides is 1. The Kier molecular flexibility index (Phi) is 7.04. The summed E-state index contributed by atoms with van der Waals surface area (Å²) in [5.41, 5.74) is 0.602. The first kappa shape index (κ1) is 19.2. The first-order chi connectivity index (χ1) is 13.3. The van der Waals surface area contributed by atoms with Gasteiger partial charge in [-0.15, -0.1) is 0 Å². The lowest BCUT2D eigenvalue weighted by molar-refractivity contribution is 0.0940. The minimum absolute atomic E-state index is 0.0665. The van der Waals surface area contributed by atoms with Gasteiger partial charge in [0.05, 0.1) is 19.3 Å². The topological polar surface area (TPSA) is 63.7 Å². The van der Waals surface area contributed by atoms with E-state index >= 15 is 0 Å². The van der Waals surface area contributed by atoms with Crippen LogP contribution in [0.1, 0.15) is 23.2 Å². The molecular formula is C21H27N3O3. The number of pyridine rings is 1. The molecule has 1 aromatic carbocycles. The van der Waals surface area contributed by atoms with Crippen molar-refractivity contribution >= 4 is 5.91 Å². The number of methoxy groups -OCH3 is 1. The Balaban J connectivity index is 1.34. The number of benzene rings is 1. The van der Waals surface area contributed by atoms with E-state index in [4.69, 9.17) is 9.47 Å². The molecule has 1 fully saturated rings. The summed E-state index contributed by atoms with van der Waals surface area (Å²) in [5, 5.41) is 2.96. The molecule has 0 bridgehead atoms. The zero-order chi connectivity index (χ0) is 18.9. The van der Waals surface area contributed by atoms with Crippen LogP contribution in [0.4, 0.5) is 0 Å². The molecule has 0 atom stereocenters. The van der Waals surface area contributed by atoms with Crippen molar-refractivity contribution in [3.63, 3.8) is 0 Å². The molecule has 1 amide bonds. The summed E-state index contributed by atoms with van der Waals surface area (Å²) in [6.45, 7) is 4.29. The van der Waals surface area contributed by atoms with E-state index in [0.717, 1.165) is 44.0 Å². The molecule has 1 saturated heterocycles. The number of para-hydroxylation sites is 2. The molecular weight excluding hydrogens is 342 g/mol. The second-order valence-corrected chi connectivity index (χ2v) is 6.74. The third-order valence-corrected chi connectivity index (χ3v) is 4.89. The summed E-state index contributed by atoms with van der Waals surface area (Å²) in [5.74, 6) is 2.07.